The van der Waals surface area contributed by atoms with Gasteiger partial charge in [-0.15, -0.1) is 0 Å². The number of imide groups is 1. The molecule has 0 saturated heterocycles. The van der Waals surface area contributed by atoms with Gasteiger partial charge in [-0.1, -0.05) is 0 Å². The zero-order valence-electron chi connectivity index (χ0n) is 5.30. The quantitative estimate of drug-likeness (QED) is 0.323. The first-order valence-electron chi connectivity index (χ1n) is 2.44. The second-order valence-electron chi connectivity index (χ2n) is 1.52. The monoisotopic (exact) mass is 160 g/mol. The summed E-state index contributed by atoms with van der Waals surface area (Å²) < 4.78 is 0. The Balaban J connectivity index is 4.15. The summed E-state index contributed by atoms with van der Waals surface area (Å²) in [6.45, 7) is 0.870. The molecule has 10 heavy (non-hydrogen) atoms. The van der Waals surface area contributed by atoms with Gasteiger partial charge in [0.2, 0.25) is 5.91 Å². The highest BCUT2D eigenvalue weighted by atomic mass is 35.5. The van der Waals surface area contributed by atoms with E-state index in [4.69, 9.17) is 16.9 Å². The van der Waals surface area contributed by atoms with Crippen molar-refractivity contribution in [2.24, 2.45) is 0 Å². The first kappa shape index (κ1) is 8.92. The van der Waals surface area contributed by atoms with E-state index in [0.717, 1.165) is 6.92 Å². The number of halogens is 1. The van der Waals surface area contributed by atoms with Crippen LogP contribution in [0.2, 0.25) is 0 Å². The van der Waals surface area contributed by atoms with Crippen LogP contribution in [-0.4, -0.2) is 22.7 Å². The van der Waals surface area contributed by atoms with Gasteiger partial charge >= 0.3 is 5.37 Å². The third-order valence-corrected chi connectivity index (χ3v) is 1.03. The first-order valence-corrected chi connectivity index (χ1v) is 2.82. The average molecular weight is 161 g/mol. The number of nitriles is 1. The summed E-state index contributed by atoms with van der Waals surface area (Å²) in [4.78, 5) is 21.4. The van der Waals surface area contributed by atoms with E-state index in [0.29, 0.717) is 4.90 Å². The van der Waals surface area contributed by atoms with E-state index in [1.807, 2.05) is 0 Å². The number of carbonyl (C=O) groups excluding carboxylic acids is 2. The number of amides is 2. The maximum atomic E-state index is 10.4. The Morgan fingerprint density at radius 2 is 2.20 bits per heavy atom. The molecular formula is C5H5ClN2O2. The van der Waals surface area contributed by atoms with E-state index in [1.54, 1.807) is 6.07 Å². The van der Waals surface area contributed by atoms with Crippen molar-refractivity contribution < 1.29 is 9.59 Å². The largest absolute Gasteiger partial charge is 0.323 e. The average Bonchev–Trinajstić information content (AvgIpc) is 1.81. The summed E-state index contributed by atoms with van der Waals surface area (Å²) in [5.74, 6) is -0.526. The molecule has 54 valence electrons. The van der Waals surface area contributed by atoms with Crippen LogP contribution in [0.3, 0.4) is 0 Å². The van der Waals surface area contributed by atoms with Crippen LogP contribution in [0.15, 0.2) is 0 Å². The van der Waals surface area contributed by atoms with Crippen LogP contribution < -0.4 is 0 Å². The fourth-order valence-electron chi connectivity index (χ4n) is 0.368. The maximum absolute atomic E-state index is 10.4. The van der Waals surface area contributed by atoms with Crippen molar-refractivity contribution in [2.75, 3.05) is 6.54 Å². The third kappa shape index (κ3) is 2.46. The lowest BCUT2D eigenvalue weighted by atomic mass is 10.5. The first-order chi connectivity index (χ1) is 4.59. The van der Waals surface area contributed by atoms with Crippen LogP contribution in [-0.2, 0) is 4.79 Å². The molecule has 0 aromatic carbocycles. The molecule has 0 aliphatic heterocycles. The van der Waals surface area contributed by atoms with Crippen LogP contribution in [0.25, 0.3) is 0 Å². The zero-order chi connectivity index (χ0) is 8.15. The Kier molecular flexibility index (Phi) is 3.44. The van der Waals surface area contributed by atoms with Gasteiger partial charge in [0, 0.05) is 6.92 Å². The molecule has 0 saturated carbocycles. The van der Waals surface area contributed by atoms with E-state index in [2.05, 4.69) is 0 Å². The number of rotatable bonds is 1. The molecule has 0 unspecified atom stereocenters. The van der Waals surface area contributed by atoms with Crippen molar-refractivity contribution in [1.29, 1.82) is 5.26 Å². The summed E-state index contributed by atoms with van der Waals surface area (Å²) in [7, 11) is 0. The van der Waals surface area contributed by atoms with Gasteiger partial charge in [0.05, 0.1) is 6.07 Å². The van der Waals surface area contributed by atoms with Gasteiger partial charge in [-0.25, -0.2) is 0 Å². The molecule has 5 heteroatoms. The predicted octanol–water partition coefficient (Wildman–Crippen LogP) is 0.717. The highest BCUT2D eigenvalue weighted by molar-refractivity contribution is 6.64. The topological polar surface area (TPSA) is 61.2 Å². The zero-order valence-corrected chi connectivity index (χ0v) is 6.05. The van der Waals surface area contributed by atoms with E-state index in [1.165, 1.54) is 0 Å². The summed E-state index contributed by atoms with van der Waals surface area (Å²) in [6.07, 6.45) is 0. The fourth-order valence-corrected chi connectivity index (χ4v) is 0.547. The molecule has 2 amide bonds. The minimum atomic E-state index is -0.922. The Hall–Kier alpha value is -1.08. The lowest BCUT2D eigenvalue weighted by Crippen LogP contribution is -2.31. The number of carbonyl (C=O) groups is 2. The summed E-state index contributed by atoms with van der Waals surface area (Å²) in [6, 6.07) is 1.63. The van der Waals surface area contributed by atoms with Crippen LogP contribution in [0, 0.1) is 11.3 Å². The third-order valence-electron chi connectivity index (χ3n) is 0.821. The summed E-state index contributed by atoms with van der Waals surface area (Å²) >= 11 is 4.93. The molecule has 0 aliphatic carbocycles. The molecule has 0 atom stereocenters. The molecule has 0 rings (SSSR count). The number of hydrogen-bond acceptors (Lipinski definition) is 3. The lowest BCUT2D eigenvalue weighted by molar-refractivity contribution is -0.125. The molecule has 0 aliphatic rings. The van der Waals surface area contributed by atoms with Gasteiger partial charge in [0.25, 0.3) is 0 Å². The van der Waals surface area contributed by atoms with Gasteiger partial charge in [-0.2, -0.15) is 5.26 Å². The Morgan fingerprint density at radius 1 is 1.70 bits per heavy atom. The highest BCUT2D eigenvalue weighted by Crippen LogP contribution is 1.95. The smallest absolute Gasteiger partial charge is 0.275 e. The van der Waals surface area contributed by atoms with Gasteiger partial charge < -0.3 is 0 Å². The molecule has 0 aromatic rings. The van der Waals surface area contributed by atoms with Crippen molar-refractivity contribution in [1.82, 2.24) is 4.90 Å². The highest BCUT2D eigenvalue weighted by Gasteiger charge is 2.13. The SMILES string of the molecule is CC(=O)N(CC#N)C(=O)Cl. The van der Waals surface area contributed by atoms with Crippen LogP contribution in [0.4, 0.5) is 4.79 Å². The minimum absolute atomic E-state index is 0.294. The van der Waals surface area contributed by atoms with Crippen LogP contribution >= 0.6 is 11.6 Å². The molecule has 0 aromatic heterocycles. The lowest BCUT2D eigenvalue weighted by Gasteiger charge is -2.09. The second kappa shape index (κ2) is 3.85. The van der Waals surface area contributed by atoms with E-state index < -0.39 is 11.3 Å². The minimum Gasteiger partial charge on any atom is -0.275 e. The van der Waals surface area contributed by atoms with Gasteiger partial charge in [0.15, 0.2) is 0 Å². The maximum Gasteiger partial charge on any atom is 0.323 e. The number of hydrogen-bond donors (Lipinski definition) is 0. The van der Waals surface area contributed by atoms with Crippen molar-refractivity contribution >= 4 is 22.9 Å². The van der Waals surface area contributed by atoms with E-state index in [-0.39, 0.29) is 6.54 Å². The molecule has 0 N–H and O–H groups in total. The van der Waals surface area contributed by atoms with Crippen molar-refractivity contribution in [3.63, 3.8) is 0 Å². The molecule has 0 spiro atoms. The Bertz CT molecular complexity index is 182. The summed E-state index contributed by atoms with van der Waals surface area (Å²) in [5.41, 5.74) is 0. The van der Waals surface area contributed by atoms with Crippen molar-refractivity contribution in [3.05, 3.63) is 0 Å². The van der Waals surface area contributed by atoms with Gasteiger partial charge in [0.1, 0.15) is 6.54 Å². The van der Waals surface area contributed by atoms with Crippen LogP contribution in [0.5, 0.6) is 0 Å². The Morgan fingerprint density at radius 3 is 2.30 bits per heavy atom. The molecule has 4 nitrogen and oxygen atoms in total. The molecule has 0 fully saturated rings. The molecule has 0 bridgehead atoms. The molecule has 0 heterocycles. The van der Waals surface area contributed by atoms with Gasteiger partial charge in [-0.05, 0) is 11.6 Å². The Labute approximate surface area is 63.0 Å². The standard InChI is InChI=1S/C5H5ClN2O2/c1-4(9)8(3-2-7)5(6)10/h3H2,1H3. The van der Waals surface area contributed by atoms with Gasteiger partial charge in [-0.3, -0.25) is 14.5 Å². The van der Waals surface area contributed by atoms with E-state index in [9.17, 15) is 9.59 Å². The van der Waals surface area contributed by atoms with Crippen molar-refractivity contribution in [2.45, 2.75) is 6.92 Å². The normalized spacial score (nSPS) is 8.10. The van der Waals surface area contributed by atoms with Crippen molar-refractivity contribution in [3.8, 4) is 6.07 Å². The fraction of sp³-hybridized carbons (Fsp3) is 0.400. The van der Waals surface area contributed by atoms with Crippen LogP contribution in [0.1, 0.15) is 6.92 Å². The molecule has 0 radical (unpaired) electrons. The molecular weight excluding hydrogens is 156 g/mol. The number of nitrogens with zero attached hydrogens (tertiary/aromatic N) is 2. The van der Waals surface area contributed by atoms with E-state index >= 15 is 0 Å². The second-order valence-corrected chi connectivity index (χ2v) is 1.84. The summed E-state index contributed by atoms with van der Waals surface area (Å²) in [5, 5.41) is 7.16. The predicted molar refractivity (Wildman–Crippen MR) is 34.2 cm³/mol.